The number of hydrogen-bond donors (Lipinski definition) is 1. The molecule has 1 N–H and O–H groups in total. The normalized spacial score (nSPS) is 15.3. The van der Waals surface area contributed by atoms with E-state index in [1.165, 1.54) is 33.5 Å². The van der Waals surface area contributed by atoms with Crippen molar-refractivity contribution in [2.75, 3.05) is 39.3 Å². The van der Waals surface area contributed by atoms with Gasteiger partial charge in [-0.2, -0.15) is 0 Å². The Bertz CT molecular complexity index is 1070. The van der Waals surface area contributed by atoms with Crippen molar-refractivity contribution in [1.82, 2.24) is 5.32 Å². The lowest BCUT2D eigenvalue weighted by molar-refractivity contribution is -0.385. The van der Waals surface area contributed by atoms with Crippen molar-refractivity contribution in [3.05, 3.63) is 51.6 Å². The number of nitro benzene ring substituents is 1. The minimum Gasteiger partial charge on any atom is -0.495 e. The van der Waals surface area contributed by atoms with Gasteiger partial charge >= 0.3 is 0 Å². The van der Waals surface area contributed by atoms with Gasteiger partial charge in [0, 0.05) is 25.1 Å². The molecule has 0 bridgehead atoms. The Morgan fingerprint density at radius 2 is 1.79 bits per heavy atom. The third kappa shape index (κ3) is 5.16. The van der Waals surface area contributed by atoms with Crippen LogP contribution in [0.25, 0.3) is 0 Å². The Morgan fingerprint density at radius 1 is 1.12 bits per heavy atom. The van der Waals surface area contributed by atoms with Crippen LogP contribution in [0.5, 0.6) is 17.2 Å². The first-order valence-corrected chi connectivity index (χ1v) is 10.4. The molecule has 1 atom stereocenters. The summed E-state index contributed by atoms with van der Waals surface area (Å²) in [4.78, 5) is 37.8. The van der Waals surface area contributed by atoms with E-state index < -0.39 is 10.8 Å². The molecule has 0 radical (unpaired) electrons. The lowest BCUT2D eigenvalue weighted by Crippen LogP contribution is -2.34. The van der Waals surface area contributed by atoms with Crippen LogP contribution < -0.4 is 24.4 Å². The molecule has 0 spiro atoms. The maximum atomic E-state index is 12.7. The first kappa shape index (κ1) is 23.8. The van der Waals surface area contributed by atoms with Gasteiger partial charge in [0.05, 0.1) is 43.9 Å². The molecule has 2 amide bonds. The van der Waals surface area contributed by atoms with Crippen molar-refractivity contribution in [2.24, 2.45) is 5.92 Å². The second-order valence-corrected chi connectivity index (χ2v) is 7.71. The fraction of sp³-hybridized carbons (Fsp3) is 0.391. The van der Waals surface area contributed by atoms with E-state index in [2.05, 4.69) is 5.32 Å². The molecule has 0 aliphatic carbocycles. The van der Waals surface area contributed by atoms with E-state index in [9.17, 15) is 19.7 Å². The van der Waals surface area contributed by atoms with Gasteiger partial charge < -0.3 is 24.4 Å². The van der Waals surface area contributed by atoms with Crippen molar-refractivity contribution < 1.29 is 28.7 Å². The van der Waals surface area contributed by atoms with Gasteiger partial charge in [-0.15, -0.1) is 0 Å². The second kappa shape index (κ2) is 10.2. The quantitative estimate of drug-likeness (QED) is 0.454. The standard InChI is InChI=1S/C23H27N3O7/c1-14-5-6-19(31-2)18(9-14)25-13-16(11-22(25)27)23(28)24-8-7-15-10-20(32-3)21(33-4)12-17(15)26(29)30/h5-6,9-10,12,16H,7-8,11,13H2,1-4H3,(H,24,28). The summed E-state index contributed by atoms with van der Waals surface area (Å²) in [6.07, 6.45) is 0.303. The Morgan fingerprint density at radius 3 is 2.42 bits per heavy atom. The lowest BCUT2D eigenvalue weighted by atomic mass is 10.1. The number of methoxy groups -OCH3 is 3. The van der Waals surface area contributed by atoms with Crippen molar-refractivity contribution >= 4 is 23.2 Å². The molecule has 0 aromatic heterocycles. The average molecular weight is 457 g/mol. The Kier molecular flexibility index (Phi) is 7.37. The van der Waals surface area contributed by atoms with E-state index in [4.69, 9.17) is 14.2 Å². The van der Waals surface area contributed by atoms with Gasteiger partial charge in [0.1, 0.15) is 5.75 Å². The number of nitrogens with one attached hydrogen (secondary N) is 1. The molecule has 1 fully saturated rings. The highest BCUT2D eigenvalue weighted by Gasteiger charge is 2.36. The Balaban J connectivity index is 1.66. The molecule has 2 aromatic rings. The van der Waals surface area contributed by atoms with Gasteiger partial charge in [-0.25, -0.2) is 0 Å². The van der Waals surface area contributed by atoms with Crippen molar-refractivity contribution in [1.29, 1.82) is 0 Å². The fourth-order valence-corrected chi connectivity index (χ4v) is 3.87. The predicted octanol–water partition coefficient (Wildman–Crippen LogP) is 2.64. The molecule has 3 rings (SSSR count). The number of aryl methyl sites for hydroxylation is 1. The smallest absolute Gasteiger partial charge is 0.276 e. The zero-order valence-corrected chi connectivity index (χ0v) is 19.0. The molecule has 1 aliphatic heterocycles. The van der Waals surface area contributed by atoms with E-state index >= 15 is 0 Å². The maximum absolute atomic E-state index is 12.7. The molecule has 33 heavy (non-hydrogen) atoms. The van der Waals surface area contributed by atoms with E-state index in [1.807, 2.05) is 19.1 Å². The summed E-state index contributed by atoms with van der Waals surface area (Å²) in [5.41, 5.74) is 1.91. The van der Waals surface area contributed by atoms with E-state index in [0.29, 0.717) is 22.7 Å². The van der Waals surface area contributed by atoms with Crippen LogP contribution in [0.4, 0.5) is 11.4 Å². The first-order valence-electron chi connectivity index (χ1n) is 10.4. The Labute approximate surface area is 191 Å². The van der Waals surface area contributed by atoms with E-state index in [1.54, 1.807) is 11.0 Å². The number of carbonyl (C=O) groups excluding carboxylic acids is 2. The summed E-state index contributed by atoms with van der Waals surface area (Å²) >= 11 is 0. The molecular weight excluding hydrogens is 430 g/mol. The van der Waals surface area contributed by atoms with Crippen molar-refractivity contribution in [3.63, 3.8) is 0 Å². The van der Waals surface area contributed by atoms with Crippen LogP contribution in [-0.2, 0) is 16.0 Å². The van der Waals surface area contributed by atoms with Gasteiger partial charge in [-0.3, -0.25) is 19.7 Å². The number of amides is 2. The van der Waals surface area contributed by atoms with Crippen molar-refractivity contribution in [3.8, 4) is 17.2 Å². The number of nitrogens with zero attached hydrogens (tertiary/aromatic N) is 2. The van der Waals surface area contributed by atoms with Gasteiger partial charge in [-0.1, -0.05) is 6.07 Å². The zero-order valence-electron chi connectivity index (χ0n) is 19.0. The molecule has 10 nitrogen and oxygen atoms in total. The van der Waals surface area contributed by atoms with Crippen LogP contribution in [0.15, 0.2) is 30.3 Å². The summed E-state index contributed by atoms with van der Waals surface area (Å²) < 4.78 is 15.7. The highest BCUT2D eigenvalue weighted by molar-refractivity contribution is 6.01. The fourth-order valence-electron chi connectivity index (χ4n) is 3.87. The SMILES string of the molecule is COc1cc(CCNC(=O)C2CC(=O)N(c3cc(C)ccc3OC)C2)c([N+](=O)[O-])cc1OC. The predicted molar refractivity (Wildman–Crippen MR) is 121 cm³/mol. The molecule has 10 heteroatoms. The second-order valence-electron chi connectivity index (χ2n) is 7.71. The van der Waals surface area contributed by atoms with E-state index in [-0.39, 0.29) is 49.2 Å². The number of anilines is 1. The third-order valence-electron chi connectivity index (χ3n) is 5.60. The minimum atomic E-state index is -0.525. The third-order valence-corrected chi connectivity index (χ3v) is 5.60. The summed E-state index contributed by atoms with van der Waals surface area (Å²) in [5.74, 6) is 0.232. The zero-order chi connectivity index (χ0) is 24.1. The molecule has 2 aromatic carbocycles. The van der Waals surface area contributed by atoms with Crippen LogP contribution in [0.3, 0.4) is 0 Å². The summed E-state index contributed by atoms with van der Waals surface area (Å²) in [6, 6.07) is 8.38. The molecule has 176 valence electrons. The largest absolute Gasteiger partial charge is 0.495 e. The molecular formula is C23H27N3O7. The van der Waals surface area contributed by atoms with E-state index in [0.717, 1.165) is 5.56 Å². The Hall–Kier alpha value is -3.82. The van der Waals surface area contributed by atoms with Crippen molar-refractivity contribution in [2.45, 2.75) is 19.8 Å². The minimum absolute atomic E-state index is 0.0828. The topological polar surface area (TPSA) is 120 Å². The lowest BCUT2D eigenvalue weighted by Gasteiger charge is -2.20. The number of hydrogen-bond acceptors (Lipinski definition) is 7. The highest BCUT2D eigenvalue weighted by Crippen LogP contribution is 2.35. The maximum Gasteiger partial charge on any atom is 0.276 e. The van der Waals surface area contributed by atoms with Gasteiger partial charge in [-0.05, 0) is 37.1 Å². The van der Waals surface area contributed by atoms with Gasteiger partial charge in [0.25, 0.3) is 5.69 Å². The number of nitro groups is 1. The van der Waals surface area contributed by atoms with Crippen LogP contribution in [0.2, 0.25) is 0 Å². The van der Waals surface area contributed by atoms with Crippen LogP contribution in [0, 0.1) is 23.0 Å². The number of rotatable bonds is 9. The van der Waals surface area contributed by atoms with Crippen LogP contribution in [0.1, 0.15) is 17.5 Å². The molecule has 1 aliphatic rings. The monoisotopic (exact) mass is 457 g/mol. The van der Waals surface area contributed by atoms with Gasteiger partial charge in [0.15, 0.2) is 11.5 Å². The van der Waals surface area contributed by atoms with Crippen LogP contribution >= 0.6 is 0 Å². The summed E-state index contributed by atoms with van der Waals surface area (Å²) in [5, 5.41) is 14.2. The average Bonchev–Trinajstić information content (AvgIpc) is 3.19. The first-order chi connectivity index (χ1) is 15.8. The molecule has 0 saturated carbocycles. The number of ether oxygens (including phenoxy) is 3. The van der Waals surface area contributed by atoms with Crippen LogP contribution in [-0.4, -0.2) is 51.2 Å². The number of carbonyl (C=O) groups is 2. The summed E-state index contributed by atoms with van der Waals surface area (Å²) in [6.45, 7) is 2.33. The molecule has 1 heterocycles. The van der Waals surface area contributed by atoms with Gasteiger partial charge in [0.2, 0.25) is 11.8 Å². The summed E-state index contributed by atoms with van der Waals surface area (Å²) in [7, 11) is 4.38. The number of benzene rings is 2. The molecule has 1 saturated heterocycles. The highest BCUT2D eigenvalue weighted by atomic mass is 16.6. The molecule has 1 unspecified atom stereocenters.